The zero-order chi connectivity index (χ0) is 27.2. The lowest BCUT2D eigenvalue weighted by atomic mass is 10.2. The van der Waals surface area contributed by atoms with Gasteiger partial charge in [0.15, 0.2) is 0 Å². The van der Waals surface area contributed by atoms with E-state index in [-0.39, 0.29) is 24.1 Å². The zero-order valence-corrected chi connectivity index (χ0v) is 19.2. The first-order valence-electron chi connectivity index (χ1n) is 10.5. The van der Waals surface area contributed by atoms with Gasteiger partial charge in [-0.1, -0.05) is 24.3 Å². The third kappa shape index (κ3) is 8.31. The molecule has 0 aliphatic carbocycles. The Bertz CT molecular complexity index is 1600. The molecule has 0 fully saturated rings. The first-order valence-corrected chi connectivity index (χ1v) is 10.5. The van der Waals surface area contributed by atoms with E-state index in [0.29, 0.717) is 33.1 Å². The lowest BCUT2D eigenvalue weighted by Crippen LogP contribution is -2.33. The molecular formula is C24H20N6O7. The van der Waals surface area contributed by atoms with Crippen molar-refractivity contribution in [1.29, 1.82) is 0 Å². The average molecular weight is 504 g/mol. The fraction of sp³-hybridized carbons (Fsp3) is 0.167. The van der Waals surface area contributed by atoms with Crippen molar-refractivity contribution in [3.05, 3.63) is 69.2 Å². The summed E-state index contributed by atoms with van der Waals surface area (Å²) in [6.07, 6.45) is 10.5. The van der Waals surface area contributed by atoms with Crippen LogP contribution in [0.15, 0.2) is 58.1 Å². The minimum absolute atomic E-state index is 0.0252. The molecule has 0 aliphatic heterocycles. The molecule has 0 amide bonds. The van der Waals surface area contributed by atoms with Gasteiger partial charge in [0.2, 0.25) is 0 Å². The molecule has 0 spiro atoms. The number of aromatic nitrogens is 6. The second-order valence-corrected chi connectivity index (χ2v) is 6.85. The zero-order valence-electron chi connectivity index (χ0n) is 19.2. The lowest BCUT2D eigenvalue weighted by Gasteiger charge is -2.03. The van der Waals surface area contributed by atoms with Gasteiger partial charge in [0, 0.05) is 12.8 Å². The minimum Gasteiger partial charge on any atom is -0.481 e. The molecule has 0 saturated carbocycles. The minimum atomic E-state index is -0.835. The molecule has 0 bridgehead atoms. The van der Waals surface area contributed by atoms with Crippen molar-refractivity contribution in [2.24, 2.45) is 0 Å². The van der Waals surface area contributed by atoms with Gasteiger partial charge in [-0.2, -0.15) is 0 Å². The number of fused-ring (bicyclic) bond motifs is 2. The van der Waals surface area contributed by atoms with Crippen LogP contribution in [-0.4, -0.2) is 52.6 Å². The first-order chi connectivity index (χ1) is 17.8. The highest BCUT2D eigenvalue weighted by atomic mass is 16.7. The van der Waals surface area contributed by atoms with Crippen LogP contribution in [0.5, 0.6) is 0 Å². The molecule has 2 aromatic carbocycles. The van der Waals surface area contributed by atoms with Gasteiger partial charge in [-0.05, 0) is 44.4 Å². The predicted octanol–water partition coefficient (Wildman–Crippen LogP) is 0.673. The Labute approximate surface area is 208 Å². The van der Waals surface area contributed by atoms with E-state index >= 15 is 0 Å². The highest BCUT2D eigenvalue weighted by molar-refractivity contribution is 5.77. The van der Waals surface area contributed by atoms with Crippen LogP contribution in [0, 0.1) is 24.7 Å². The van der Waals surface area contributed by atoms with Crippen LogP contribution in [0.25, 0.3) is 21.8 Å². The van der Waals surface area contributed by atoms with Crippen molar-refractivity contribution in [2.45, 2.75) is 25.7 Å². The number of carboxylic acid groups (broad SMARTS) is 1. The third-order valence-corrected chi connectivity index (χ3v) is 4.24. The number of carbonyl (C=O) groups excluding carboxylic acids is 1. The Morgan fingerprint density at radius 3 is 1.89 bits per heavy atom. The third-order valence-electron chi connectivity index (χ3n) is 4.24. The standard InChI is InChI=1S/C12H9N3O3.C7H5N3O2.C5H6O2/c1-2-3-8-11(16)18-15-12(17)9-6-4-5-7-10(9)13-14-15;11-7-5-3-1-2-4-6(5)8-9-10(7)12;1-2-3-4-5(6)7/h1,4-7H,3,8H2;1-4,12H;1H,3-4H2,(H,6,7). The van der Waals surface area contributed by atoms with Crippen LogP contribution < -0.4 is 16.0 Å². The molecule has 0 aliphatic rings. The number of nitrogens with zero attached hydrogens (tertiary/aromatic N) is 6. The number of benzene rings is 2. The molecule has 0 saturated heterocycles. The summed E-state index contributed by atoms with van der Waals surface area (Å²) in [4.78, 5) is 49.5. The average Bonchev–Trinajstić information content (AvgIpc) is 2.91. The summed E-state index contributed by atoms with van der Waals surface area (Å²) in [5.74, 6) is 3.06. The summed E-state index contributed by atoms with van der Waals surface area (Å²) in [7, 11) is 0. The van der Waals surface area contributed by atoms with Crippen LogP contribution in [0.2, 0.25) is 0 Å². The Balaban J connectivity index is 0.000000218. The van der Waals surface area contributed by atoms with Crippen molar-refractivity contribution in [2.75, 3.05) is 0 Å². The molecule has 4 rings (SSSR count). The van der Waals surface area contributed by atoms with Crippen molar-refractivity contribution in [3.8, 4) is 24.7 Å². The SMILES string of the molecule is C#CCCC(=O)O.C#CCCC(=O)On1nnc2ccccc2c1=O.O=c1c2ccccc2nnn1O. The quantitative estimate of drug-likeness (QED) is 0.222. The molecule has 13 nitrogen and oxygen atoms in total. The maximum Gasteiger partial charge on any atom is 0.336 e. The Morgan fingerprint density at radius 2 is 1.35 bits per heavy atom. The van der Waals surface area contributed by atoms with Gasteiger partial charge >= 0.3 is 23.1 Å². The van der Waals surface area contributed by atoms with Crippen molar-refractivity contribution >= 4 is 33.7 Å². The predicted molar refractivity (Wildman–Crippen MR) is 130 cm³/mol. The first kappa shape index (κ1) is 27.7. The second kappa shape index (κ2) is 14.0. The molecule has 37 heavy (non-hydrogen) atoms. The highest BCUT2D eigenvalue weighted by Crippen LogP contribution is 2.03. The maximum atomic E-state index is 11.9. The molecule has 188 valence electrons. The van der Waals surface area contributed by atoms with Crippen LogP contribution in [0.1, 0.15) is 25.7 Å². The van der Waals surface area contributed by atoms with Gasteiger partial charge in [-0.15, -0.1) is 34.9 Å². The van der Waals surface area contributed by atoms with Gasteiger partial charge in [0.1, 0.15) is 11.0 Å². The van der Waals surface area contributed by atoms with Crippen LogP contribution >= 0.6 is 0 Å². The van der Waals surface area contributed by atoms with E-state index < -0.39 is 23.1 Å². The highest BCUT2D eigenvalue weighted by Gasteiger charge is 2.09. The van der Waals surface area contributed by atoms with E-state index in [0.717, 1.165) is 0 Å². The van der Waals surface area contributed by atoms with Crippen LogP contribution in [0.3, 0.4) is 0 Å². The molecule has 0 radical (unpaired) electrons. The second-order valence-electron chi connectivity index (χ2n) is 6.85. The summed E-state index contributed by atoms with van der Waals surface area (Å²) in [6, 6.07) is 13.3. The Kier molecular flexibility index (Phi) is 10.5. The Hall–Kier alpha value is -5.56. The summed E-state index contributed by atoms with van der Waals surface area (Å²) < 4.78 is 0. The number of carbonyl (C=O) groups is 2. The molecule has 13 heteroatoms. The van der Waals surface area contributed by atoms with Gasteiger partial charge in [-0.25, -0.2) is 4.79 Å². The number of rotatable bonds is 5. The van der Waals surface area contributed by atoms with Gasteiger partial charge in [0.25, 0.3) is 0 Å². The number of terminal acetylenes is 2. The monoisotopic (exact) mass is 504 g/mol. The molecular weight excluding hydrogens is 484 g/mol. The fourth-order valence-corrected chi connectivity index (χ4v) is 2.51. The maximum absolute atomic E-state index is 11.9. The van der Waals surface area contributed by atoms with E-state index in [1.807, 2.05) is 0 Å². The number of carboxylic acids is 1. The summed E-state index contributed by atoms with van der Waals surface area (Å²) in [5, 5.41) is 31.6. The molecule has 0 atom stereocenters. The van der Waals surface area contributed by atoms with E-state index in [2.05, 4.69) is 32.5 Å². The van der Waals surface area contributed by atoms with Crippen molar-refractivity contribution in [3.63, 3.8) is 0 Å². The fourth-order valence-electron chi connectivity index (χ4n) is 2.51. The van der Waals surface area contributed by atoms with E-state index in [9.17, 15) is 19.2 Å². The van der Waals surface area contributed by atoms with Crippen LogP contribution in [-0.2, 0) is 9.59 Å². The lowest BCUT2D eigenvalue weighted by molar-refractivity contribution is -0.146. The molecule has 2 N–H and O–H groups in total. The van der Waals surface area contributed by atoms with Crippen LogP contribution in [0.4, 0.5) is 0 Å². The van der Waals surface area contributed by atoms with E-state index in [4.69, 9.17) is 28.0 Å². The van der Waals surface area contributed by atoms with Crippen molar-refractivity contribution in [1.82, 2.24) is 30.3 Å². The molecule has 2 aromatic heterocycles. The molecule has 4 aromatic rings. The summed E-state index contributed by atoms with van der Waals surface area (Å²) >= 11 is 0. The summed E-state index contributed by atoms with van der Waals surface area (Å²) in [5.41, 5.74) is -0.165. The smallest absolute Gasteiger partial charge is 0.336 e. The number of hydrogen-bond acceptors (Lipinski definition) is 10. The normalized spacial score (nSPS) is 9.57. The topological polar surface area (TPSA) is 179 Å². The Morgan fingerprint density at radius 1 is 0.838 bits per heavy atom. The van der Waals surface area contributed by atoms with E-state index in [1.54, 1.807) is 48.5 Å². The van der Waals surface area contributed by atoms with E-state index in [1.165, 1.54) is 0 Å². The largest absolute Gasteiger partial charge is 0.481 e. The van der Waals surface area contributed by atoms with Gasteiger partial charge < -0.3 is 15.2 Å². The number of hydrogen-bond donors (Lipinski definition) is 2. The summed E-state index contributed by atoms with van der Waals surface area (Å²) in [6.45, 7) is 0. The van der Waals surface area contributed by atoms with Crippen molar-refractivity contribution < 1.29 is 24.7 Å². The molecule has 2 heterocycles. The number of aliphatic carboxylic acids is 1. The van der Waals surface area contributed by atoms with Gasteiger partial charge in [0.05, 0.1) is 23.6 Å². The van der Waals surface area contributed by atoms with Gasteiger partial charge in [-0.3, -0.25) is 14.4 Å². The molecule has 0 unspecified atom stereocenters.